The second-order valence-corrected chi connectivity index (χ2v) is 5.86. The quantitative estimate of drug-likeness (QED) is 0.622. The van der Waals surface area contributed by atoms with Crippen molar-refractivity contribution in [2.24, 2.45) is 7.05 Å². The van der Waals surface area contributed by atoms with Crippen molar-refractivity contribution in [2.45, 2.75) is 13.5 Å². The Morgan fingerprint density at radius 3 is 2.76 bits per heavy atom. The minimum absolute atomic E-state index is 0.299. The van der Waals surface area contributed by atoms with E-state index < -0.39 is 0 Å². The van der Waals surface area contributed by atoms with Crippen molar-refractivity contribution in [1.29, 1.82) is 0 Å². The van der Waals surface area contributed by atoms with Gasteiger partial charge in [0.15, 0.2) is 5.65 Å². The van der Waals surface area contributed by atoms with E-state index in [9.17, 15) is 4.39 Å². The van der Waals surface area contributed by atoms with E-state index in [4.69, 9.17) is 0 Å². The monoisotopic (exact) mass is 336 g/mol. The van der Waals surface area contributed by atoms with Crippen LogP contribution in [0.1, 0.15) is 11.4 Å². The van der Waals surface area contributed by atoms with Crippen LogP contribution in [0.2, 0.25) is 0 Å². The maximum atomic E-state index is 14.1. The molecule has 1 N–H and O–H groups in total. The highest BCUT2D eigenvalue weighted by atomic mass is 19.1. The van der Waals surface area contributed by atoms with Crippen molar-refractivity contribution in [3.05, 3.63) is 65.9 Å². The SMILES string of the molecule is Cc1cc(CNc2cc(-c3ccccc3F)nc3ccnn23)n(C)n1. The summed E-state index contributed by atoms with van der Waals surface area (Å²) in [6.07, 6.45) is 1.67. The van der Waals surface area contributed by atoms with Crippen LogP contribution >= 0.6 is 0 Å². The number of hydrogen-bond donors (Lipinski definition) is 1. The van der Waals surface area contributed by atoms with E-state index in [1.807, 2.05) is 30.8 Å². The highest BCUT2D eigenvalue weighted by Crippen LogP contribution is 2.24. The van der Waals surface area contributed by atoms with Gasteiger partial charge >= 0.3 is 0 Å². The summed E-state index contributed by atoms with van der Waals surface area (Å²) >= 11 is 0. The molecular formula is C18H17FN6. The summed E-state index contributed by atoms with van der Waals surface area (Å²) in [4.78, 5) is 4.51. The van der Waals surface area contributed by atoms with Gasteiger partial charge in [-0.25, -0.2) is 9.37 Å². The van der Waals surface area contributed by atoms with E-state index in [1.165, 1.54) is 6.07 Å². The van der Waals surface area contributed by atoms with Crippen LogP contribution in [0.4, 0.5) is 10.2 Å². The van der Waals surface area contributed by atoms with E-state index in [1.54, 1.807) is 35.0 Å². The molecule has 0 saturated heterocycles. The molecule has 0 radical (unpaired) electrons. The van der Waals surface area contributed by atoms with Gasteiger partial charge in [0.1, 0.15) is 11.6 Å². The zero-order chi connectivity index (χ0) is 17.4. The molecule has 1 aromatic carbocycles. The minimum atomic E-state index is -0.299. The molecule has 4 aromatic rings. The van der Waals surface area contributed by atoms with Gasteiger partial charge in [0.25, 0.3) is 0 Å². The van der Waals surface area contributed by atoms with Gasteiger partial charge in [-0.3, -0.25) is 4.68 Å². The van der Waals surface area contributed by atoms with Crippen molar-refractivity contribution < 1.29 is 4.39 Å². The first-order chi connectivity index (χ1) is 12.1. The van der Waals surface area contributed by atoms with Crippen LogP contribution in [-0.4, -0.2) is 24.4 Å². The summed E-state index contributed by atoms with van der Waals surface area (Å²) in [5, 5.41) is 12.0. The van der Waals surface area contributed by atoms with Crippen LogP contribution in [0.3, 0.4) is 0 Å². The Morgan fingerprint density at radius 1 is 1.16 bits per heavy atom. The second kappa shape index (κ2) is 6.01. The first kappa shape index (κ1) is 15.3. The molecule has 126 valence electrons. The van der Waals surface area contributed by atoms with Gasteiger partial charge in [0, 0.05) is 24.7 Å². The van der Waals surface area contributed by atoms with Gasteiger partial charge in [0.05, 0.1) is 29.8 Å². The van der Waals surface area contributed by atoms with Gasteiger partial charge in [-0.2, -0.15) is 14.7 Å². The Labute approximate surface area is 143 Å². The van der Waals surface area contributed by atoms with E-state index in [-0.39, 0.29) is 5.82 Å². The third-order valence-electron chi connectivity index (χ3n) is 4.06. The van der Waals surface area contributed by atoms with E-state index in [2.05, 4.69) is 20.5 Å². The predicted molar refractivity (Wildman–Crippen MR) is 93.7 cm³/mol. The first-order valence-electron chi connectivity index (χ1n) is 7.95. The topological polar surface area (TPSA) is 60.0 Å². The zero-order valence-electron chi connectivity index (χ0n) is 13.9. The van der Waals surface area contributed by atoms with Gasteiger partial charge in [0.2, 0.25) is 0 Å². The zero-order valence-corrected chi connectivity index (χ0v) is 13.9. The Kier molecular flexibility index (Phi) is 3.68. The third kappa shape index (κ3) is 2.84. The molecule has 0 amide bonds. The molecule has 0 aliphatic carbocycles. The maximum Gasteiger partial charge on any atom is 0.157 e. The molecule has 0 fully saturated rings. The van der Waals surface area contributed by atoms with Crippen LogP contribution < -0.4 is 5.32 Å². The Bertz CT molecular complexity index is 1050. The van der Waals surface area contributed by atoms with Crippen LogP contribution in [-0.2, 0) is 13.6 Å². The van der Waals surface area contributed by atoms with Crippen molar-refractivity contribution >= 4 is 11.5 Å². The van der Waals surface area contributed by atoms with Crippen LogP contribution in [0, 0.1) is 12.7 Å². The summed E-state index contributed by atoms with van der Waals surface area (Å²) in [5.74, 6) is 0.444. The molecule has 0 bridgehead atoms. The molecule has 25 heavy (non-hydrogen) atoms. The minimum Gasteiger partial charge on any atom is -0.364 e. The number of fused-ring (bicyclic) bond motifs is 1. The third-order valence-corrected chi connectivity index (χ3v) is 4.06. The molecule has 0 aliphatic rings. The normalized spacial score (nSPS) is 11.2. The molecule has 0 saturated carbocycles. The molecule has 0 aliphatic heterocycles. The summed E-state index contributed by atoms with van der Waals surface area (Å²) < 4.78 is 17.7. The smallest absolute Gasteiger partial charge is 0.157 e. The first-order valence-corrected chi connectivity index (χ1v) is 7.95. The summed E-state index contributed by atoms with van der Waals surface area (Å²) in [6, 6.07) is 12.2. The molecule has 7 heteroatoms. The number of nitrogens with zero attached hydrogens (tertiary/aromatic N) is 5. The average Bonchev–Trinajstić information content (AvgIpc) is 3.19. The lowest BCUT2D eigenvalue weighted by atomic mass is 10.1. The van der Waals surface area contributed by atoms with Gasteiger partial charge in [-0.05, 0) is 25.1 Å². The van der Waals surface area contributed by atoms with E-state index in [0.29, 0.717) is 23.4 Å². The van der Waals surface area contributed by atoms with Crippen molar-refractivity contribution in [2.75, 3.05) is 5.32 Å². The number of benzene rings is 1. The standard InChI is InChI=1S/C18H17FN6/c1-12-9-13(24(2)23-12)11-20-18-10-16(14-5-3-4-6-15(14)19)22-17-7-8-21-25(17)18/h3-10,20H,11H2,1-2H3. The van der Waals surface area contributed by atoms with Crippen LogP contribution in [0.15, 0.2) is 48.7 Å². The molecule has 0 unspecified atom stereocenters. The number of aryl methyl sites for hydroxylation is 2. The Hall–Kier alpha value is -3.22. The van der Waals surface area contributed by atoms with Crippen molar-refractivity contribution in [3.63, 3.8) is 0 Å². The van der Waals surface area contributed by atoms with E-state index >= 15 is 0 Å². The van der Waals surface area contributed by atoms with Crippen LogP contribution in [0.5, 0.6) is 0 Å². The van der Waals surface area contributed by atoms with Crippen LogP contribution in [0.25, 0.3) is 16.9 Å². The summed E-state index contributed by atoms with van der Waals surface area (Å²) in [6.45, 7) is 2.53. The lowest BCUT2D eigenvalue weighted by Crippen LogP contribution is -2.09. The molecule has 4 rings (SSSR count). The highest BCUT2D eigenvalue weighted by molar-refractivity contribution is 5.66. The number of aromatic nitrogens is 5. The van der Waals surface area contributed by atoms with Gasteiger partial charge in [-0.1, -0.05) is 12.1 Å². The molecule has 6 nitrogen and oxygen atoms in total. The predicted octanol–water partition coefficient (Wildman–Crippen LogP) is 3.19. The fourth-order valence-electron chi connectivity index (χ4n) is 2.86. The number of hydrogen-bond acceptors (Lipinski definition) is 4. The van der Waals surface area contributed by atoms with E-state index in [0.717, 1.165) is 17.2 Å². The van der Waals surface area contributed by atoms with Gasteiger partial charge in [-0.15, -0.1) is 0 Å². The lowest BCUT2D eigenvalue weighted by Gasteiger charge is -2.11. The maximum absolute atomic E-state index is 14.1. The number of anilines is 1. The average molecular weight is 336 g/mol. The second-order valence-electron chi connectivity index (χ2n) is 5.86. The summed E-state index contributed by atoms with van der Waals surface area (Å²) in [5.41, 5.74) is 3.69. The molecular weight excluding hydrogens is 319 g/mol. The fourth-order valence-corrected chi connectivity index (χ4v) is 2.86. The Balaban J connectivity index is 1.74. The summed E-state index contributed by atoms with van der Waals surface area (Å²) in [7, 11) is 1.91. The molecule has 0 spiro atoms. The van der Waals surface area contributed by atoms with Crippen molar-refractivity contribution in [1.82, 2.24) is 24.4 Å². The molecule has 3 aromatic heterocycles. The molecule has 0 atom stereocenters. The fraction of sp³-hybridized carbons (Fsp3) is 0.167. The number of nitrogens with one attached hydrogen (secondary N) is 1. The van der Waals surface area contributed by atoms with Crippen molar-refractivity contribution in [3.8, 4) is 11.3 Å². The van der Waals surface area contributed by atoms with Gasteiger partial charge < -0.3 is 5.32 Å². The Morgan fingerprint density at radius 2 is 2.00 bits per heavy atom. The number of rotatable bonds is 4. The highest BCUT2D eigenvalue weighted by Gasteiger charge is 2.12. The lowest BCUT2D eigenvalue weighted by molar-refractivity contribution is 0.630. The number of halogens is 1. The largest absolute Gasteiger partial charge is 0.364 e. The molecule has 3 heterocycles.